The molecule has 2 aromatic carbocycles. The van der Waals surface area contributed by atoms with Crippen LogP contribution in [-0.4, -0.2) is 24.0 Å². The van der Waals surface area contributed by atoms with Crippen molar-refractivity contribution in [1.82, 2.24) is 5.43 Å². The van der Waals surface area contributed by atoms with Crippen LogP contribution in [0.4, 0.5) is 5.69 Å². The van der Waals surface area contributed by atoms with Gasteiger partial charge in [0, 0.05) is 5.02 Å². The van der Waals surface area contributed by atoms with Gasteiger partial charge in [-0.25, -0.2) is 5.01 Å². The molecule has 128 valence electrons. The van der Waals surface area contributed by atoms with Crippen LogP contribution in [-0.2, 0) is 9.59 Å². The fourth-order valence-electron chi connectivity index (χ4n) is 2.41. The molecule has 1 saturated heterocycles. The third-order valence-corrected chi connectivity index (χ3v) is 4.23. The smallest absolute Gasteiger partial charge is 0.282 e. The fourth-order valence-corrected chi connectivity index (χ4v) is 2.59. The number of carbonyl (C=O) groups is 2. The molecule has 0 spiro atoms. The van der Waals surface area contributed by atoms with Gasteiger partial charge in [-0.15, -0.1) is 0 Å². The summed E-state index contributed by atoms with van der Waals surface area (Å²) < 4.78 is 5.03. The Labute approximate surface area is 149 Å². The van der Waals surface area contributed by atoms with Crippen LogP contribution < -0.4 is 15.2 Å². The molecule has 0 aromatic heterocycles. The molecule has 0 aliphatic carbocycles. The number of rotatable bonds is 3. The minimum absolute atomic E-state index is 0.0237. The van der Waals surface area contributed by atoms with Crippen LogP contribution in [0.3, 0.4) is 0 Å². The summed E-state index contributed by atoms with van der Waals surface area (Å²) in [6, 6.07) is 9.63. The molecule has 2 aromatic rings. The fraction of sp³-hybridized carbons (Fsp3) is 0.111. The number of anilines is 1. The number of aromatic hydroxyl groups is 1. The van der Waals surface area contributed by atoms with E-state index in [0.717, 1.165) is 10.6 Å². The largest absolute Gasteiger partial charge is 0.504 e. The standard InChI is InChI=1S/C18H15ClN2O4/c1-10-3-5-12(9-14(10)19)21-18(24)13(17(23)20-21)7-11-4-6-15(22)16(8-11)25-2/h3-9,22H,1-2H3,(H,20,23). The molecule has 0 atom stereocenters. The van der Waals surface area contributed by atoms with Gasteiger partial charge in [0.1, 0.15) is 5.57 Å². The van der Waals surface area contributed by atoms with E-state index in [-0.39, 0.29) is 17.1 Å². The van der Waals surface area contributed by atoms with Crippen LogP contribution in [0.2, 0.25) is 5.02 Å². The Bertz CT molecular complexity index is 908. The lowest BCUT2D eigenvalue weighted by Crippen LogP contribution is -2.35. The maximum atomic E-state index is 12.6. The Kier molecular flexibility index (Phi) is 4.37. The summed E-state index contributed by atoms with van der Waals surface area (Å²) >= 11 is 6.09. The first kappa shape index (κ1) is 16.9. The number of halogens is 1. The van der Waals surface area contributed by atoms with E-state index in [1.807, 2.05) is 6.92 Å². The van der Waals surface area contributed by atoms with Crippen molar-refractivity contribution in [2.75, 3.05) is 12.1 Å². The summed E-state index contributed by atoms with van der Waals surface area (Å²) in [4.78, 5) is 24.8. The molecule has 7 heteroatoms. The van der Waals surface area contributed by atoms with Crippen molar-refractivity contribution in [2.24, 2.45) is 0 Å². The zero-order chi connectivity index (χ0) is 18.1. The van der Waals surface area contributed by atoms with Gasteiger partial charge in [-0.3, -0.25) is 15.0 Å². The van der Waals surface area contributed by atoms with Crippen LogP contribution in [0.15, 0.2) is 42.0 Å². The normalized spacial score (nSPS) is 15.6. The Morgan fingerprint density at radius 1 is 1.20 bits per heavy atom. The maximum absolute atomic E-state index is 12.6. The minimum Gasteiger partial charge on any atom is -0.504 e. The van der Waals surface area contributed by atoms with Gasteiger partial charge < -0.3 is 9.84 Å². The predicted molar refractivity (Wildman–Crippen MR) is 94.5 cm³/mol. The lowest BCUT2D eigenvalue weighted by Gasteiger charge is -2.15. The third kappa shape index (κ3) is 3.16. The number of methoxy groups -OCH3 is 1. The van der Waals surface area contributed by atoms with Crippen molar-refractivity contribution in [3.8, 4) is 11.5 Å². The molecule has 0 unspecified atom stereocenters. The SMILES string of the molecule is COc1cc(C=C2C(=O)NN(c3ccc(C)c(Cl)c3)C2=O)ccc1O. The molecule has 1 heterocycles. The number of benzene rings is 2. The van der Waals surface area contributed by atoms with E-state index in [4.69, 9.17) is 16.3 Å². The number of carbonyl (C=O) groups excluding carboxylic acids is 2. The summed E-state index contributed by atoms with van der Waals surface area (Å²) in [7, 11) is 1.42. The second-order valence-corrected chi connectivity index (χ2v) is 5.91. The Hall–Kier alpha value is -2.99. The van der Waals surface area contributed by atoms with Crippen LogP contribution in [0.5, 0.6) is 11.5 Å². The number of ether oxygens (including phenoxy) is 1. The molecule has 2 N–H and O–H groups in total. The summed E-state index contributed by atoms with van der Waals surface area (Å²) in [6.07, 6.45) is 1.44. The molecule has 0 saturated carbocycles. The predicted octanol–water partition coefficient (Wildman–Crippen LogP) is 2.82. The molecule has 0 bridgehead atoms. The van der Waals surface area contributed by atoms with E-state index >= 15 is 0 Å². The van der Waals surface area contributed by atoms with Gasteiger partial charge in [-0.05, 0) is 48.4 Å². The van der Waals surface area contributed by atoms with Gasteiger partial charge in [0.15, 0.2) is 11.5 Å². The first-order valence-corrected chi connectivity index (χ1v) is 7.79. The number of hydrazine groups is 1. The van der Waals surface area contributed by atoms with Crippen molar-refractivity contribution >= 4 is 35.2 Å². The second-order valence-electron chi connectivity index (χ2n) is 5.50. The topological polar surface area (TPSA) is 78.9 Å². The Balaban J connectivity index is 1.94. The average molecular weight is 359 g/mol. The molecule has 25 heavy (non-hydrogen) atoms. The number of hydrogen-bond acceptors (Lipinski definition) is 4. The van der Waals surface area contributed by atoms with E-state index in [2.05, 4.69) is 5.43 Å². The lowest BCUT2D eigenvalue weighted by atomic mass is 10.1. The van der Waals surface area contributed by atoms with E-state index in [1.165, 1.54) is 25.3 Å². The third-order valence-electron chi connectivity index (χ3n) is 3.82. The van der Waals surface area contributed by atoms with E-state index in [0.29, 0.717) is 16.3 Å². The van der Waals surface area contributed by atoms with Crippen molar-refractivity contribution in [1.29, 1.82) is 0 Å². The number of nitrogens with zero attached hydrogens (tertiary/aromatic N) is 1. The number of phenolic OH excluding ortho intramolecular Hbond substituents is 1. The number of nitrogens with one attached hydrogen (secondary N) is 1. The van der Waals surface area contributed by atoms with E-state index in [1.54, 1.807) is 24.3 Å². The molecular formula is C18H15ClN2O4. The van der Waals surface area contributed by atoms with Gasteiger partial charge in [0.25, 0.3) is 11.8 Å². The first-order valence-electron chi connectivity index (χ1n) is 7.41. The molecule has 2 amide bonds. The molecule has 3 rings (SSSR count). The Morgan fingerprint density at radius 3 is 2.64 bits per heavy atom. The first-order chi connectivity index (χ1) is 11.9. The zero-order valence-corrected chi connectivity index (χ0v) is 14.3. The molecular weight excluding hydrogens is 344 g/mol. The number of amides is 2. The highest BCUT2D eigenvalue weighted by molar-refractivity contribution is 6.33. The second kappa shape index (κ2) is 6.49. The number of hydrogen-bond donors (Lipinski definition) is 2. The molecule has 1 aliphatic rings. The van der Waals surface area contributed by atoms with Crippen LogP contribution in [0, 0.1) is 6.92 Å². The van der Waals surface area contributed by atoms with E-state index in [9.17, 15) is 14.7 Å². The van der Waals surface area contributed by atoms with Gasteiger partial charge in [0.2, 0.25) is 0 Å². The van der Waals surface area contributed by atoms with Crippen LogP contribution >= 0.6 is 11.6 Å². The molecule has 6 nitrogen and oxygen atoms in total. The van der Waals surface area contributed by atoms with Crippen LogP contribution in [0.25, 0.3) is 6.08 Å². The highest BCUT2D eigenvalue weighted by Crippen LogP contribution is 2.29. The average Bonchev–Trinajstić information content (AvgIpc) is 2.87. The Morgan fingerprint density at radius 2 is 1.96 bits per heavy atom. The van der Waals surface area contributed by atoms with Crippen molar-refractivity contribution in [2.45, 2.75) is 6.92 Å². The molecule has 1 aliphatic heterocycles. The summed E-state index contributed by atoms with van der Waals surface area (Å²) in [6.45, 7) is 1.85. The lowest BCUT2D eigenvalue weighted by molar-refractivity contribution is -0.117. The summed E-state index contributed by atoms with van der Waals surface area (Å²) in [5, 5.41) is 11.3. The van der Waals surface area contributed by atoms with E-state index < -0.39 is 11.8 Å². The van der Waals surface area contributed by atoms with Gasteiger partial charge in [0.05, 0.1) is 12.8 Å². The maximum Gasteiger partial charge on any atom is 0.282 e. The summed E-state index contributed by atoms with van der Waals surface area (Å²) in [5.41, 5.74) is 4.39. The zero-order valence-electron chi connectivity index (χ0n) is 13.5. The monoisotopic (exact) mass is 358 g/mol. The molecule has 0 radical (unpaired) electrons. The van der Waals surface area contributed by atoms with Gasteiger partial charge in [-0.1, -0.05) is 23.7 Å². The molecule has 1 fully saturated rings. The van der Waals surface area contributed by atoms with Crippen molar-refractivity contribution < 1.29 is 19.4 Å². The highest BCUT2D eigenvalue weighted by atomic mass is 35.5. The summed E-state index contributed by atoms with van der Waals surface area (Å²) in [5.74, 6) is -0.782. The number of phenols is 1. The quantitative estimate of drug-likeness (QED) is 0.653. The number of aryl methyl sites for hydroxylation is 1. The van der Waals surface area contributed by atoms with Gasteiger partial charge >= 0.3 is 0 Å². The van der Waals surface area contributed by atoms with Crippen molar-refractivity contribution in [3.63, 3.8) is 0 Å². The van der Waals surface area contributed by atoms with Crippen LogP contribution in [0.1, 0.15) is 11.1 Å². The van der Waals surface area contributed by atoms with Crippen molar-refractivity contribution in [3.05, 3.63) is 58.1 Å². The highest BCUT2D eigenvalue weighted by Gasteiger charge is 2.34. The van der Waals surface area contributed by atoms with Gasteiger partial charge in [-0.2, -0.15) is 0 Å². The minimum atomic E-state index is -0.520.